The molecule has 2 heterocycles. The van der Waals surface area contributed by atoms with Crippen LogP contribution in [0.4, 0.5) is 5.13 Å². The van der Waals surface area contributed by atoms with Crippen LogP contribution in [-0.4, -0.2) is 42.0 Å². The zero-order valence-corrected chi connectivity index (χ0v) is 16.5. The van der Waals surface area contributed by atoms with Gasteiger partial charge in [0.05, 0.1) is 9.58 Å². The highest BCUT2D eigenvalue weighted by Gasteiger charge is 2.24. The molecule has 6 heteroatoms. The van der Waals surface area contributed by atoms with Crippen LogP contribution in [-0.2, 0) is 0 Å². The molecule has 3 rings (SSSR count). The van der Waals surface area contributed by atoms with Crippen molar-refractivity contribution < 1.29 is 4.79 Å². The van der Waals surface area contributed by atoms with Gasteiger partial charge in [0.1, 0.15) is 4.83 Å². The van der Waals surface area contributed by atoms with Crippen LogP contribution in [0.5, 0.6) is 0 Å². The summed E-state index contributed by atoms with van der Waals surface area (Å²) >= 11 is 3.24. The third-order valence-corrected chi connectivity index (χ3v) is 7.22. The molecule has 1 aliphatic rings. The molecule has 0 spiro atoms. The first kappa shape index (κ1) is 17.7. The van der Waals surface area contributed by atoms with Crippen LogP contribution < -0.4 is 4.90 Å². The Morgan fingerprint density at radius 2 is 1.83 bits per heavy atom. The fourth-order valence-corrected chi connectivity index (χ4v) is 5.76. The Morgan fingerprint density at radius 3 is 2.42 bits per heavy atom. The summed E-state index contributed by atoms with van der Waals surface area (Å²) in [5.74, 6) is 0.168. The van der Waals surface area contributed by atoms with Gasteiger partial charge in [-0.05, 0) is 32.8 Å². The van der Waals surface area contributed by atoms with Gasteiger partial charge in [-0.3, -0.25) is 4.79 Å². The van der Waals surface area contributed by atoms with E-state index in [1.54, 1.807) is 22.7 Å². The van der Waals surface area contributed by atoms with Gasteiger partial charge in [-0.15, -0.1) is 11.3 Å². The highest BCUT2D eigenvalue weighted by molar-refractivity contribution is 7.29. The third-order valence-electron chi connectivity index (χ3n) is 5.02. The Hall–Kier alpha value is -1.14. The highest BCUT2D eigenvalue weighted by Crippen LogP contribution is 2.35. The second-order valence-electron chi connectivity index (χ2n) is 6.51. The molecule has 0 atom stereocenters. The van der Waals surface area contributed by atoms with E-state index >= 15 is 0 Å². The van der Waals surface area contributed by atoms with E-state index in [4.69, 9.17) is 4.98 Å². The lowest BCUT2D eigenvalue weighted by Gasteiger charge is -2.26. The van der Waals surface area contributed by atoms with Gasteiger partial charge in [-0.2, -0.15) is 0 Å². The average Bonchev–Trinajstić information content (AvgIpc) is 3.02. The molecule has 0 radical (unpaired) electrons. The van der Waals surface area contributed by atoms with Crippen LogP contribution in [0.15, 0.2) is 6.07 Å². The van der Waals surface area contributed by atoms with E-state index in [2.05, 4.69) is 18.7 Å². The maximum Gasteiger partial charge on any atom is 0.264 e. The summed E-state index contributed by atoms with van der Waals surface area (Å²) in [7, 11) is 1.97. The van der Waals surface area contributed by atoms with Crippen molar-refractivity contribution in [3.8, 4) is 0 Å². The van der Waals surface area contributed by atoms with Crippen LogP contribution >= 0.6 is 22.7 Å². The van der Waals surface area contributed by atoms with E-state index in [9.17, 15) is 4.79 Å². The van der Waals surface area contributed by atoms with Crippen LogP contribution in [0, 0.1) is 0 Å². The number of fused-ring (bicyclic) bond motifs is 1. The lowest BCUT2D eigenvalue weighted by Crippen LogP contribution is -2.36. The quantitative estimate of drug-likeness (QED) is 0.700. The monoisotopic (exact) mass is 365 g/mol. The summed E-state index contributed by atoms with van der Waals surface area (Å²) in [4.78, 5) is 23.7. The predicted molar refractivity (Wildman–Crippen MR) is 105 cm³/mol. The first-order valence-electron chi connectivity index (χ1n) is 9.06. The zero-order chi connectivity index (χ0) is 17.1. The molecule has 0 bridgehead atoms. The molecule has 2 aromatic heterocycles. The molecule has 1 aliphatic carbocycles. The maximum absolute atomic E-state index is 12.9. The Kier molecular flexibility index (Phi) is 5.76. The number of hydrogen-bond acceptors (Lipinski definition) is 5. The second-order valence-corrected chi connectivity index (χ2v) is 8.55. The molecule has 0 saturated heterocycles. The summed E-state index contributed by atoms with van der Waals surface area (Å²) in [6, 6.07) is 2.44. The lowest BCUT2D eigenvalue weighted by atomic mass is 10.1. The SMILES string of the molecule is CCN(CC)c1nc2sc(C(=O)N(C)C3CCCCCC3)cc2s1. The molecule has 0 unspecified atom stereocenters. The molecule has 1 amide bonds. The smallest absolute Gasteiger partial charge is 0.264 e. The standard InChI is InChI=1S/C18H27N3OS2/c1-4-21(5-2)18-19-16-14(24-18)12-15(23-16)17(22)20(3)13-10-8-6-7-9-11-13/h12-13H,4-11H2,1-3H3. The van der Waals surface area contributed by atoms with E-state index in [1.165, 1.54) is 25.7 Å². The highest BCUT2D eigenvalue weighted by atomic mass is 32.1. The van der Waals surface area contributed by atoms with Gasteiger partial charge in [0.25, 0.3) is 5.91 Å². The summed E-state index contributed by atoms with van der Waals surface area (Å²) in [6.07, 6.45) is 7.41. The van der Waals surface area contributed by atoms with Crippen LogP contribution in [0.1, 0.15) is 62.0 Å². The minimum absolute atomic E-state index is 0.168. The molecule has 24 heavy (non-hydrogen) atoms. The van der Waals surface area contributed by atoms with Crippen molar-refractivity contribution in [2.24, 2.45) is 0 Å². The molecule has 132 valence electrons. The number of carbonyl (C=O) groups excluding carboxylic acids is 1. The number of amides is 1. The molecular weight excluding hydrogens is 338 g/mol. The molecule has 1 saturated carbocycles. The van der Waals surface area contributed by atoms with E-state index in [0.29, 0.717) is 6.04 Å². The molecule has 4 nitrogen and oxygen atoms in total. The second kappa shape index (κ2) is 7.83. The first-order valence-corrected chi connectivity index (χ1v) is 10.7. The summed E-state index contributed by atoms with van der Waals surface area (Å²) in [5.41, 5.74) is 0. The van der Waals surface area contributed by atoms with Gasteiger partial charge in [0.15, 0.2) is 5.13 Å². The third kappa shape index (κ3) is 3.59. The van der Waals surface area contributed by atoms with Crippen molar-refractivity contribution >= 4 is 43.2 Å². The fourth-order valence-electron chi connectivity index (χ4n) is 3.44. The van der Waals surface area contributed by atoms with Crippen molar-refractivity contribution in [2.45, 2.75) is 58.4 Å². The maximum atomic E-state index is 12.9. The number of anilines is 1. The van der Waals surface area contributed by atoms with E-state index in [0.717, 1.165) is 45.5 Å². The molecular formula is C18H27N3OS2. The largest absolute Gasteiger partial charge is 0.349 e. The normalized spacial score (nSPS) is 16.3. The average molecular weight is 366 g/mol. The predicted octanol–water partition coefficient (Wildman–Crippen LogP) is 5.00. The molecule has 1 fully saturated rings. The van der Waals surface area contributed by atoms with Gasteiger partial charge in [0, 0.05) is 26.2 Å². The Morgan fingerprint density at radius 1 is 1.17 bits per heavy atom. The number of thiophene rings is 1. The number of carbonyl (C=O) groups is 1. The van der Waals surface area contributed by atoms with E-state index in [-0.39, 0.29) is 5.91 Å². The zero-order valence-electron chi connectivity index (χ0n) is 14.9. The van der Waals surface area contributed by atoms with Gasteiger partial charge >= 0.3 is 0 Å². The van der Waals surface area contributed by atoms with E-state index in [1.807, 2.05) is 18.0 Å². The molecule has 0 N–H and O–H groups in total. The number of aromatic nitrogens is 1. The van der Waals surface area contributed by atoms with Gasteiger partial charge in [-0.25, -0.2) is 4.98 Å². The number of nitrogens with zero attached hydrogens (tertiary/aromatic N) is 3. The molecule has 0 aliphatic heterocycles. The number of thiazole rings is 1. The van der Waals surface area contributed by atoms with Gasteiger partial charge < -0.3 is 9.80 Å². The van der Waals surface area contributed by atoms with Crippen LogP contribution in [0.25, 0.3) is 9.53 Å². The number of rotatable bonds is 5. The van der Waals surface area contributed by atoms with Crippen molar-refractivity contribution in [1.29, 1.82) is 0 Å². The van der Waals surface area contributed by atoms with Crippen LogP contribution in [0.2, 0.25) is 0 Å². The Bertz CT molecular complexity index is 650. The Labute approximate surface area is 152 Å². The fraction of sp³-hybridized carbons (Fsp3) is 0.667. The minimum Gasteiger partial charge on any atom is -0.349 e. The number of hydrogen-bond donors (Lipinski definition) is 0. The molecule has 0 aromatic carbocycles. The van der Waals surface area contributed by atoms with Crippen molar-refractivity contribution in [2.75, 3.05) is 25.0 Å². The Balaban J connectivity index is 1.76. The van der Waals surface area contributed by atoms with Crippen molar-refractivity contribution in [3.63, 3.8) is 0 Å². The minimum atomic E-state index is 0.168. The van der Waals surface area contributed by atoms with Crippen LogP contribution in [0.3, 0.4) is 0 Å². The summed E-state index contributed by atoms with van der Waals surface area (Å²) < 4.78 is 1.14. The summed E-state index contributed by atoms with van der Waals surface area (Å²) in [6.45, 7) is 6.23. The van der Waals surface area contributed by atoms with E-state index < -0.39 is 0 Å². The van der Waals surface area contributed by atoms with Crippen molar-refractivity contribution in [1.82, 2.24) is 9.88 Å². The van der Waals surface area contributed by atoms with Gasteiger partial charge in [-0.1, -0.05) is 37.0 Å². The first-order chi connectivity index (χ1) is 11.6. The topological polar surface area (TPSA) is 36.4 Å². The molecule has 2 aromatic rings. The lowest BCUT2D eigenvalue weighted by molar-refractivity contribution is 0.0723. The van der Waals surface area contributed by atoms with Crippen molar-refractivity contribution in [3.05, 3.63) is 10.9 Å². The van der Waals surface area contributed by atoms with Gasteiger partial charge in [0.2, 0.25) is 0 Å². The summed E-state index contributed by atoms with van der Waals surface area (Å²) in [5, 5.41) is 1.07.